The molecular weight excluding hydrogens is 402 g/mol. The molecular formula is C15H16ClN3O3S3. The molecule has 1 aliphatic rings. The van der Waals surface area contributed by atoms with Crippen molar-refractivity contribution in [3.8, 4) is 0 Å². The van der Waals surface area contributed by atoms with E-state index in [0.29, 0.717) is 23.2 Å². The van der Waals surface area contributed by atoms with Gasteiger partial charge in [0.15, 0.2) is 0 Å². The standard InChI is InChI=1S/C15H16ClN3O3S3/c16-12-4-5-15(24-12)25(21,22)19-9-7-18(8-10-19)14(20)11-23-13-3-1-2-6-17-13/h1-6H,7-11H2. The first kappa shape index (κ1) is 18.7. The summed E-state index contributed by atoms with van der Waals surface area (Å²) in [6, 6.07) is 8.65. The van der Waals surface area contributed by atoms with Gasteiger partial charge in [0.05, 0.1) is 15.1 Å². The van der Waals surface area contributed by atoms with Crippen molar-refractivity contribution < 1.29 is 13.2 Å². The summed E-state index contributed by atoms with van der Waals surface area (Å²) in [6.45, 7) is 1.36. The lowest BCUT2D eigenvalue weighted by Gasteiger charge is -2.33. The van der Waals surface area contributed by atoms with Crippen LogP contribution in [0.4, 0.5) is 0 Å². The maximum atomic E-state index is 12.5. The predicted molar refractivity (Wildman–Crippen MR) is 99.6 cm³/mol. The van der Waals surface area contributed by atoms with Gasteiger partial charge in [-0.05, 0) is 24.3 Å². The number of pyridine rings is 1. The summed E-state index contributed by atoms with van der Waals surface area (Å²) in [6.07, 6.45) is 1.69. The lowest BCUT2D eigenvalue weighted by molar-refractivity contribution is -0.129. The lowest BCUT2D eigenvalue weighted by atomic mass is 10.3. The molecule has 0 aliphatic carbocycles. The minimum Gasteiger partial charge on any atom is -0.339 e. The molecule has 0 atom stereocenters. The second kappa shape index (κ2) is 8.05. The summed E-state index contributed by atoms with van der Waals surface area (Å²) in [4.78, 5) is 18.2. The summed E-state index contributed by atoms with van der Waals surface area (Å²) < 4.78 is 27.2. The van der Waals surface area contributed by atoms with Gasteiger partial charge >= 0.3 is 0 Å². The molecule has 6 nitrogen and oxygen atoms in total. The SMILES string of the molecule is O=C(CSc1ccccn1)N1CCN(S(=O)(=O)c2ccc(Cl)s2)CC1. The Morgan fingerprint density at radius 2 is 1.96 bits per heavy atom. The number of nitrogens with zero attached hydrogens (tertiary/aromatic N) is 3. The molecule has 0 saturated carbocycles. The quantitative estimate of drug-likeness (QED) is 0.698. The Hall–Kier alpha value is -1.13. The van der Waals surface area contributed by atoms with E-state index >= 15 is 0 Å². The average molecular weight is 418 g/mol. The molecule has 134 valence electrons. The summed E-state index contributed by atoms with van der Waals surface area (Å²) in [5.41, 5.74) is 0. The molecule has 0 unspecified atom stereocenters. The number of piperazine rings is 1. The number of carbonyl (C=O) groups is 1. The number of thiophene rings is 1. The van der Waals surface area contributed by atoms with Crippen LogP contribution in [0.2, 0.25) is 4.34 Å². The van der Waals surface area contributed by atoms with Crippen LogP contribution in [0.25, 0.3) is 0 Å². The van der Waals surface area contributed by atoms with E-state index in [0.717, 1.165) is 16.4 Å². The predicted octanol–water partition coefficient (Wildman–Crippen LogP) is 2.42. The molecule has 1 amide bonds. The molecule has 25 heavy (non-hydrogen) atoms. The van der Waals surface area contributed by atoms with Crippen molar-refractivity contribution in [1.29, 1.82) is 0 Å². The number of carbonyl (C=O) groups excluding carboxylic acids is 1. The highest BCUT2D eigenvalue weighted by molar-refractivity contribution is 7.99. The molecule has 0 N–H and O–H groups in total. The van der Waals surface area contributed by atoms with E-state index in [2.05, 4.69) is 4.98 Å². The van der Waals surface area contributed by atoms with Crippen LogP contribution in [0.5, 0.6) is 0 Å². The molecule has 2 aromatic heterocycles. The summed E-state index contributed by atoms with van der Waals surface area (Å²) in [5.74, 6) is 0.288. The number of rotatable bonds is 5. The van der Waals surface area contributed by atoms with E-state index in [4.69, 9.17) is 11.6 Å². The van der Waals surface area contributed by atoms with Crippen LogP contribution in [0.1, 0.15) is 0 Å². The normalized spacial score (nSPS) is 16.1. The van der Waals surface area contributed by atoms with Crippen molar-refractivity contribution in [3.63, 3.8) is 0 Å². The average Bonchev–Trinajstić information content (AvgIpc) is 3.08. The highest BCUT2D eigenvalue weighted by Gasteiger charge is 2.31. The minimum atomic E-state index is -3.53. The third-order valence-corrected chi connectivity index (χ3v) is 8.24. The molecule has 0 radical (unpaired) electrons. The topological polar surface area (TPSA) is 70.6 Å². The zero-order chi connectivity index (χ0) is 17.9. The fraction of sp³-hybridized carbons (Fsp3) is 0.333. The fourth-order valence-corrected chi connectivity index (χ4v) is 6.22. The van der Waals surface area contributed by atoms with Crippen molar-refractivity contribution in [3.05, 3.63) is 40.9 Å². The van der Waals surface area contributed by atoms with Crippen molar-refractivity contribution in [2.24, 2.45) is 0 Å². The molecule has 0 spiro atoms. The first-order chi connectivity index (χ1) is 12.0. The number of aromatic nitrogens is 1. The lowest BCUT2D eigenvalue weighted by Crippen LogP contribution is -2.50. The fourth-order valence-electron chi connectivity index (χ4n) is 2.40. The second-order valence-corrected chi connectivity index (χ2v) is 10.2. The summed E-state index contributed by atoms with van der Waals surface area (Å²) >= 11 is 8.26. The van der Waals surface area contributed by atoms with Crippen molar-refractivity contribution in [2.75, 3.05) is 31.9 Å². The van der Waals surface area contributed by atoms with Crippen LogP contribution in [0, 0.1) is 0 Å². The van der Waals surface area contributed by atoms with Crippen LogP contribution in [-0.2, 0) is 14.8 Å². The molecule has 1 aliphatic heterocycles. The van der Waals surface area contributed by atoms with Gasteiger partial charge < -0.3 is 4.90 Å². The van der Waals surface area contributed by atoms with Gasteiger partial charge in [0, 0.05) is 32.4 Å². The van der Waals surface area contributed by atoms with Crippen molar-refractivity contribution >= 4 is 50.6 Å². The maximum absolute atomic E-state index is 12.5. The zero-order valence-electron chi connectivity index (χ0n) is 13.2. The number of halogens is 1. The van der Waals surface area contributed by atoms with E-state index in [1.165, 1.54) is 22.1 Å². The van der Waals surface area contributed by atoms with Crippen LogP contribution in [0.15, 0.2) is 45.8 Å². The highest BCUT2D eigenvalue weighted by atomic mass is 35.5. The highest BCUT2D eigenvalue weighted by Crippen LogP contribution is 2.28. The largest absolute Gasteiger partial charge is 0.339 e. The Labute approximate surface area is 159 Å². The minimum absolute atomic E-state index is 0.00753. The molecule has 3 rings (SSSR count). The van der Waals surface area contributed by atoms with Crippen LogP contribution >= 0.6 is 34.7 Å². The van der Waals surface area contributed by atoms with Gasteiger partial charge in [0.25, 0.3) is 10.0 Å². The van der Waals surface area contributed by atoms with Crippen molar-refractivity contribution in [1.82, 2.24) is 14.2 Å². The summed E-state index contributed by atoms with van der Waals surface area (Å²) in [7, 11) is -3.53. The smallest absolute Gasteiger partial charge is 0.252 e. The van der Waals surface area contributed by atoms with Crippen LogP contribution in [-0.4, -0.2) is 60.4 Å². The van der Waals surface area contributed by atoms with Gasteiger partial charge in [-0.1, -0.05) is 29.4 Å². The van der Waals surface area contributed by atoms with Crippen molar-refractivity contribution in [2.45, 2.75) is 9.24 Å². The van der Waals surface area contributed by atoms with E-state index < -0.39 is 10.0 Å². The second-order valence-electron chi connectivity index (χ2n) is 5.30. The van der Waals surface area contributed by atoms with Gasteiger partial charge in [0.1, 0.15) is 4.21 Å². The first-order valence-electron chi connectivity index (χ1n) is 7.54. The third kappa shape index (κ3) is 4.53. The third-order valence-electron chi connectivity index (χ3n) is 3.72. The zero-order valence-corrected chi connectivity index (χ0v) is 16.4. The van der Waals surface area contributed by atoms with Gasteiger partial charge in [0.2, 0.25) is 5.91 Å². The number of hydrogen-bond donors (Lipinski definition) is 0. The van der Waals surface area contributed by atoms with Gasteiger partial charge in [-0.2, -0.15) is 4.31 Å². The Morgan fingerprint density at radius 1 is 1.20 bits per heavy atom. The van der Waals surface area contributed by atoms with E-state index in [9.17, 15) is 13.2 Å². The van der Waals surface area contributed by atoms with Crippen LogP contribution in [0.3, 0.4) is 0 Å². The number of thioether (sulfide) groups is 1. The Morgan fingerprint density at radius 3 is 2.56 bits per heavy atom. The van der Waals surface area contributed by atoms with Crippen LogP contribution < -0.4 is 0 Å². The molecule has 0 aromatic carbocycles. The molecule has 2 aromatic rings. The Kier molecular flexibility index (Phi) is 6.00. The molecule has 1 fully saturated rings. The maximum Gasteiger partial charge on any atom is 0.252 e. The van der Waals surface area contributed by atoms with E-state index in [-0.39, 0.29) is 23.2 Å². The van der Waals surface area contributed by atoms with Gasteiger partial charge in [-0.3, -0.25) is 4.79 Å². The molecule has 10 heteroatoms. The van der Waals surface area contributed by atoms with Gasteiger partial charge in [-0.15, -0.1) is 11.3 Å². The molecule has 0 bridgehead atoms. The number of hydrogen-bond acceptors (Lipinski definition) is 6. The monoisotopic (exact) mass is 417 g/mol. The summed E-state index contributed by atoms with van der Waals surface area (Å²) in [5, 5.41) is 0.798. The first-order valence-corrected chi connectivity index (χ1v) is 11.2. The number of amides is 1. The number of sulfonamides is 1. The van der Waals surface area contributed by atoms with E-state index in [1.807, 2.05) is 18.2 Å². The van der Waals surface area contributed by atoms with E-state index in [1.54, 1.807) is 17.2 Å². The molecule has 3 heterocycles. The Balaban J connectivity index is 1.54. The Bertz CT molecular complexity index is 834. The van der Waals surface area contributed by atoms with Gasteiger partial charge in [-0.25, -0.2) is 13.4 Å². The molecule has 1 saturated heterocycles.